The normalized spacial score (nSPS) is 15.1. The molecule has 1 aliphatic carbocycles. The minimum absolute atomic E-state index is 0.0739. The number of nitrogens with one attached hydrogen (secondary N) is 3. The van der Waals surface area contributed by atoms with Crippen LogP contribution in [0, 0.1) is 0 Å². The van der Waals surface area contributed by atoms with Gasteiger partial charge in [-0.1, -0.05) is 18.1 Å². The number of rotatable bonds is 6. The van der Waals surface area contributed by atoms with Crippen LogP contribution in [0.5, 0.6) is 11.5 Å². The molecule has 1 aromatic heterocycles. The van der Waals surface area contributed by atoms with Crippen LogP contribution in [0.15, 0.2) is 36.4 Å². The fourth-order valence-corrected chi connectivity index (χ4v) is 4.04. The maximum atomic E-state index is 12.5. The van der Waals surface area contributed by atoms with Crippen molar-refractivity contribution in [2.24, 2.45) is 0 Å². The second kappa shape index (κ2) is 8.74. The second-order valence-electron chi connectivity index (χ2n) is 7.92. The number of nitrogens with zero attached hydrogens (tertiary/aromatic N) is 3. The number of hydrogen-bond acceptors (Lipinski definition) is 6. The number of benzene rings is 2. The van der Waals surface area contributed by atoms with Gasteiger partial charge in [0.25, 0.3) is 5.91 Å². The van der Waals surface area contributed by atoms with Crippen LogP contribution >= 0.6 is 0 Å². The first kappa shape index (κ1) is 20.1. The molecule has 10 nitrogen and oxygen atoms in total. The number of fused-ring (bicyclic) bond motifs is 2. The average Bonchev–Trinajstić information content (AvgIpc) is 3.54. The molecule has 3 N–H and O–H groups in total. The maximum Gasteiger partial charge on any atom is 0.319 e. The van der Waals surface area contributed by atoms with E-state index in [1.54, 1.807) is 35.0 Å². The fourth-order valence-electron chi connectivity index (χ4n) is 4.04. The van der Waals surface area contributed by atoms with E-state index in [2.05, 4.69) is 26.3 Å². The van der Waals surface area contributed by atoms with E-state index in [0.717, 1.165) is 18.4 Å². The first-order valence-electron chi connectivity index (χ1n) is 10.7. The van der Waals surface area contributed by atoms with Crippen molar-refractivity contribution >= 4 is 28.7 Å². The van der Waals surface area contributed by atoms with Crippen LogP contribution in [0.1, 0.15) is 36.0 Å². The lowest BCUT2D eigenvalue weighted by atomic mass is 10.1. The highest BCUT2D eigenvalue weighted by atomic mass is 16.7. The number of anilines is 1. The summed E-state index contributed by atoms with van der Waals surface area (Å²) >= 11 is 0. The van der Waals surface area contributed by atoms with E-state index in [4.69, 9.17) is 9.47 Å². The van der Waals surface area contributed by atoms with E-state index in [1.807, 2.05) is 6.07 Å². The van der Waals surface area contributed by atoms with Gasteiger partial charge in [-0.15, -0.1) is 5.10 Å². The molecule has 1 fully saturated rings. The van der Waals surface area contributed by atoms with E-state index in [-0.39, 0.29) is 24.8 Å². The highest BCUT2D eigenvalue weighted by Crippen LogP contribution is 2.34. The summed E-state index contributed by atoms with van der Waals surface area (Å²) in [5, 5.41) is 17.0. The summed E-state index contributed by atoms with van der Waals surface area (Å²) < 4.78 is 12.3. The summed E-state index contributed by atoms with van der Waals surface area (Å²) in [6.07, 6.45) is 4.42. The van der Waals surface area contributed by atoms with Crippen molar-refractivity contribution in [1.82, 2.24) is 25.6 Å². The minimum atomic E-state index is -0.334. The summed E-state index contributed by atoms with van der Waals surface area (Å²) in [6.45, 7) is 0.987. The van der Waals surface area contributed by atoms with E-state index in [1.165, 1.54) is 12.8 Å². The van der Waals surface area contributed by atoms with Gasteiger partial charge in [0.05, 0.1) is 12.1 Å². The number of aromatic nitrogens is 3. The van der Waals surface area contributed by atoms with E-state index in [9.17, 15) is 9.59 Å². The van der Waals surface area contributed by atoms with Crippen LogP contribution in [0.2, 0.25) is 0 Å². The Kier molecular flexibility index (Phi) is 5.49. The van der Waals surface area contributed by atoms with Crippen molar-refractivity contribution < 1.29 is 19.1 Å². The Morgan fingerprint density at radius 1 is 1.06 bits per heavy atom. The smallest absolute Gasteiger partial charge is 0.319 e. The topological polar surface area (TPSA) is 119 Å². The van der Waals surface area contributed by atoms with Gasteiger partial charge in [-0.05, 0) is 43.2 Å². The molecule has 0 radical (unpaired) electrons. The van der Waals surface area contributed by atoms with Crippen LogP contribution in [0.3, 0.4) is 0 Å². The Morgan fingerprint density at radius 3 is 2.78 bits per heavy atom. The van der Waals surface area contributed by atoms with Crippen LogP contribution in [-0.2, 0) is 6.54 Å². The van der Waals surface area contributed by atoms with Gasteiger partial charge in [-0.2, -0.15) is 0 Å². The Hall–Kier alpha value is -3.82. The standard InChI is InChI=1S/C22H24N6O4/c29-21(24-15-3-1-2-4-15)14-5-7-18-17(11-14)26-27-28(18)10-9-23-22(30)25-16-6-8-19-20(12-16)32-13-31-19/h5-8,11-12,15H,1-4,9-10,13H2,(H,24,29)(H2,23,25,30). The molecule has 2 heterocycles. The zero-order valence-electron chi connectivity index (χ0n) is 17.5. The van der Waals surface area contributed by atoms with Gasteiger partial charge >= 0.3 is 6.03 Å². The summed E-state index contributed by atoms with van der Waals surface area (Å²) in [4.78, 5) is 24.7. The second-order valence-corrected chi connectivity index (χ2v) is 7.92. The van der Waals surface area contributed by atoms with Crippen LogP contribution < -0.4 is 25.4 Å². The molecule has 0 saturated heterocycles. The molecule has 0 atom stereocenters. The summed E-state index contributed by atoms with van der Waals surface area (Å²) in [6, 6.07) is 10.5. The van der Waals surface area contributed by atoms with Gasteiger partial charge in [0.2, 0.25) is 6.79 Å². The number of ether oxygens (including phenoxy) is 2. The van der Waals surface area contributed by atoms with Crippen LogP contribution in [0.4, 0.5) is 10.5 Å². The highest BCUT2D eigenvalue weighted by Gasteiger charge is 2.19. The zero-order chi connectivity index (χ0) is 21.9. The third-order valence-corrected chi connectivity index (χ3v) is 5.71. The van der Waals surface area contributed by atoms with E-state index < -0.39 is 0 Å². The predicted molar refractivity (Wildman–Crippen MR) is 117 cm³/mol. The molecular weight excluding hydrogens is 412 g/mol. The highest BCUT2D eigenvalue weighted by molar-refractivity contribution is 5.97. The van der Waals surface area contributed by atoms with Gasteiger partial charge in [0, 0.05) is 29.9 Å². The number of hydrogen-bond donors (Lipinski definition) is 3. The van der Waals surface area contributed by atoms with Gasteiger partial charge in [-0.3, -0.25) is 4.79 Å². The van der Waals surface area contributed by atoms with Crippen LogP contribution in [-0.4, -0.2) is 46.3 Å². The third-order valence-electron chi connectivity index (χ3n) is 5.71. The van der Waals surface area contributed by atoms with Crippen molar-refractivity contribution in [2.75, 3.05) is 18.7 Å². The molecule has 1 saturated carbocycles. The van der Waals surface area contributed by atoms with Crippen LogP contribution in [0.25, 0.3) is 11.0 Å². The minimum Gasteiger partial charge on any atom is -0.454 e. The molecule has 0 bridgehead atoms. The lowest BCUT2D eigenvalue weighted by Gasteiger charge is -2.11. The summed E-state index contributed by atoms with van der Waals surface area (Å²) in [5.41, 5.74) is 2.65. The molecule has 166 valence electrons. The third kappa shape index (κ3) is 4.29. The number of urea groups is 1. The van der Waals surface area contributed by atoms with E-state index in [0.29, 0.717) is 41.4 Å². The number of carbonyl (C=O) groups is 2. The quantitative estimate of drug-likeness (QED) is 0.547. The first-order valence-corrected chi connectivity index (χ1v) is 10.7. The van der Waals surface area contributed by atoms with Gasteiger partial charge < -0.3 is 25.4 Å². The number of carbonyl (C=O) groups excluding carboxylic acids is 2. The van der Waals surface area contributed by atoms with Gasteiger partial charge in [0.15, 0.2) is 11.5 Å². The Bertz CT molecular complexity index is 1150. The molecule has 2 aliphatic rings. The molecule has 3 amide bonds. The fraction of sp³-hybridized carbons (Fsp3) is 0.364. The number of amides is 3. The van der Waals surface area contributed by atoms with Crippen molar-refractivity contribution in [3.63, 3.8) is 0 Å². The largest absolute Gasteiger partial charge is 0.454 e. The first-order chi connectivity index (χ1) is 15.7. The summed E-state index contributed by atoms with van der Waals surface area (Å²) in [7, 11) is 0. The van der Waals surface area contributed by atoms with Crippen molar-refractivity contribution in [1.29, 1.82) is 0 Å². The molecular formula is C22H24N6O4. The predicted octanol–water partition coefficient (Wildman–Crippen LogP) is 2.65. The average molecular weight is 436 g/mol. The maximum absolute atomic E-state index is 12.5. The Balaban J connectivity index is 1.15. The molecule has 0 unspecified atom stereocenters. The molecule has 3 aromatic rings. The SMILES string of the molecule is O=C(NCCn1nnc2cc(C(=O)NC3CCCC3)ccc21)Nc1ccc2c(c1)OCO2. The molecule has 32 heavy (non-hydrogen) atoms. The Morgan fingerprint density at radius 2 is 1.91 bits per heavy atom. The van der Waals surface area contributed by atoms with Gasteiger partial charge in [-0.25, -0.2) is 9.48 Å². The molecule has 5 rings (SSSR count). The molecule has 10 heteroatoms. The summed E-state index contributed by atoms with van der Waals surface area (Å²) in [5.74, 6) is 1.19. The molecule has 1 aliphatic heterocycles. The van der Waals surface area contributed by atoms with Gasteiger partial charge in [0.1, 0.15) is 5.52 Å². The Labute approximate surface area is 184 Å². The van der Waals surface area contributed by atoms with E-state index >= 15 is 0 Å². The lowest BCUT2D eigenvalue weighted by Crippen LogP contribution is -2.32. The lowest BCUT2D eigenvalue weighted by molar-refractivity contribution is 0.0938. The molecule has 2 aromatic carbocycles. The van der Waals surface area contributed by atoms with Crippen molar-refractivity contribution in [3.05, 3.63) is 42.0 Å². The van der Waals surface area contributed by atoms with Crippen molar-refractivity contribution in [2.45, 2.75) is 38.3 Å². The zero-order valence-corrected chi connectivity index (χ0v) is 17.5. The molecule has 0 spiro atoms. The monoisotopic (exact) mass is 436 g/mol. The van der Waals surface area contributed by atoms with Crippen molar-refractivity contribution in [3.8, 4) is 11.5 Å².